The van der Waals surface area contributed by atoms with Gasteiger partial charge >= 0.3 is 0 Å². The smallest absolute Gasteiger partial charge is 0.160 e. The molecule has 0 amide bonds. The van der Waals surface area contributed by atoms with Gasteiger partial charge in [-0.3, -0.25) is 0 Å². The van der Waals surface area contributed by atoms with E-state index in [2.05, 4.69) is 13.8 Å². The van der Waals surface area contributed by atoms with Gasteiger partial charge in [0, 0.05) is 0 Å². The molecule has 0 saturated carbocycles. The minimum atomic E-state index is 0.228. The zero-order valence-electron chi connectivity index (χ0n) is 10.7. The first-order chi connectivity index (χ1) is 7.60. The standard InChI is InChI=1S/C14H22O2/c1-5-6-7-10(2)12-9-14(16-4)13(15)8-11(12)3/h8-10,15H,5-7H2,1-4H3. The van der Waals surface area contributed by atoms with Crippen molar-refractivity contribution in [2.45, 2.75) is 46.0 Å². The molecule has 0 aromatic heterocycles. The fourth-order valence-electron chi connectivity index (χ4n) is 2.05. The van der Waals surface area contributed by atoms with Crippen LogP contribution in [0.1, 0.15) is 50.2 Å². The largest absolute Gasteiger partial charge is 0.504 e. The molecule has 90 valence electrons. The number of rotatable bonds is 5. The molecule has 16 heavy (non-hydrogen) atoms. The van der Waals surface area contributed by atoms with E-state index in [9.17, 15) is 5.11 Å². The Balaban J connectivity index is 2.94. The minimum absolute atomic E-state index is 0.228. The second kappa shape index (κ2) is 5.78. The number of hydrogen-bond acceptors (Lipinski definition) is 2. The summed E-state index contributed by atoms with van der Waals surface area (Å²) in [6.45, 7) is 6.47. The van der Waals surface area contributed by atoms with Crippen LogP contribution in [-0.4, -0.2) is 12.2 Å². The number of hydrogen-bond donors (Lipinski definition) is 1. The number of aromatic hydroxyl groups is 1. The molecule has 0 aliphatic carbocycles. The summed E-state index contributed by atoms with van der Waals surface area (Å²) in [5.74, 6) is 1.32. The molecule has 0 bridgehead atoms. The number of phenolic OH excluding ortho intramolecular Hbond substituents is 1. The van der Waals surface area contributed by atoms with Crippen molar-refractivity contribution < 1.29 is 9.84 Å². The van der Waals surface area contributed by atoms with E-state index in [1.807, 2.05) is 13.0 Å². The normalized spacial score (nSPS) is 12.5. The maximum atomic E-state index is 9.65. The third kappa shape index (κ3) is 2.91. The Bertz CT molecular complexity index is 345. The molecule has 1 N–H and O–H groups in total. The highest BCUT2D eigenvalue weighted by molar-refractivity contribution is 5.47. The lowest BCUT2D eigenvalue weighted by atomic mass is 9.91. The molecule has 0 fully saturated rings. The highest BCUT2D eigenvalue weighted by Crippen LogP contribution is 2.34. The van der Waals surface area contributed by atoms with Gasteiger partial charge < -0.3 is 9.84 Å². The second-order valence-electron chi connectivity index (χ2n) is 4.42. The molecule has 0 aliphatic heterocycles. The summed E-state index contributed by atoms with van der Waals surface area (Å²) in [6, 6.07) is 3.75. The predicted octanol–water partition coefficient (Wildman–Crippen LogP) is 4.00. The van der Waals surface area contributed by atoms with Crippen LogP contribution in [0.5, 0.6) is 11.5 Å². The summed E-state index contributed by atoms with van der Waals surface area (Å²) in [4.78, 5) is 0. The van der Waals surface area contributed by atoms with Gasteiger partial charge in [-0.15, -0.1) is 0 Å². The van der Waals surface area contributed by atoms with Crippen LogP contribution in [0.2, 0.25) is 0 Å². The maximum absolute atomic E-state index is 9.65. The Kier molecular flexibility index (Phi) is 4.66. The van der Waals surface area contributed by atoms with Crippen LogP contribution in [0.15, 0.2) is 12.1 Å². The van der Waals surface area contributed by atoms with E-state index in [1.165, 1.54) is 24.8 Å². The van der Waals surface area contributed by atoms with E-state index in [0.29, 0.717) is 11.7 Å². The van der Waals surface area contributed by atoms with Gasteiger partial charge in [0.2, 0.25) is 0 Å². The molecule has 1 atom stereocenters. The van der Waals surface area contributed by atoms with E-state index < -0.39 is 0 Å². The maximum Gasteiger partial charge on any atom is 0.160 e. The summed E-state index contributed by atoms with van der Waals surface area (Å²) in [7, 11) is 1.59. The molecular formula is C14H22O2. The molecule has 1 unspecified atom stereocenters. The zero-order valence-corrected chi connectivity index (χ0v) is 10.7. The van der Waals surface area contributed by atoms with Crippen molar-refractivity contribution in [3.63, 3.8) is 0 Å². The van der Waals surface area contributed by atoms with Crippen molar-refractivity contribution >= 4 is 0 Å². The third-order valence-corrected chi connectivity index (χ3v) is 3.09. The molecule has 0 radical (unpaired) electrons. The molecule has 0 aliphatic rings. The first-order valence-corrected chi connectivity index (χ1v) is 5.97. The zero-order chi connectivity index (χ0) is 12.1. The Morgan fingerprint density at radius 2 is 2.06 bits per heavy atom. The summed E-state index contributed by atoms with van der Waals surface area (Å²) >= 11 is 0. The molecule has 1 aromatic rings. The van der Waals surface area contributed by atoms with E-state index in [0.717, 1.165) is 5.56 Å². The van der Waals surface area contributed by atoms with Crippen LogP contribution in [-0.2, 0) is 0 Å². The third-order valence-electron chi connectivity index (χ3n) is 3.09. The first kappa shape index (κ1) is 12.9. The van der Waals surface area contributed by atoms with E-state index in [1.54, 1.807) is 13.2 Å². The van der Waals surface area contributed by atoms with Crippen molar-refractivity contribution in [2.24, 2.45) is 0 Å². The van der Waals surface area contributed by atoms with Crippen molar-refractivity contribution in [1.29, 1.82) is 0 Å². The molecule has 2 heteroatoms. The van der Waals surface area contributed by atoms with Gasteiger partial charge in [-0.2, -0.15) is 0 Å². The number of aryl methyl sites for hydroxylation is 1. The van der Waals surface area contributed by atoms with Gasteiger partial charge in [0.05, 0.1) is 7.11 Å². The topological polar surface area (TPSA) is 29.5 Å². The molecule has 1 rings (SSSR count). The Labute approximate surface area is 98.3 Å². The monoisotopic (exact) mass is 222 g/mol. The summed E-state index contributed by atoms with van der Waals surface area (Å²) in [5.41, 5.74) is 2.42. The number of benzene rings is 1. The molecule has 0 heterocycles. The van der Waals surface area contributed by atoms with E-state index in [-0.39, 0.29) is 5.75 Å². The lowest BCUT2D eigenvalue weighted by Gasteiger charge is -2.16. The summed E-state index contributed by atoms with van der Waals surface area (Å²) in [5, 5.41) is 9.65. The average Bonchev–Trinajstić information content (AvgIpc) is 2.26. The van der Waals surface area contributed by atoms with Gasteiger partial charge in [0.15, 0.2) is 11.5 Å². The average molecular weight is 222 g/mol. The van der Waals surface area contributed by atoms with Crippen LogP contribution in [0, 0.1) is 6.92 Å². The van der Waals surface area contributed by atoms with Crippen molar-refractivity contribution in [1.82, 2.24) is 0 Å². The van der Waals surface area contributed by atoms with Gasteiger partial charge in [-0.1, -0.05) is 26.7 Å². The molecule has 0 saturated heterocycles. The number of methoxy groups -OCH3 is 1. The summed E-state index contributed by atoms with van der Waals surface area (Å²) in [6.07, 6.45) is 3.65. The molecule has 1 aromatic carbocycles. The lowest BCUT2D eigenvalue weighted by Crippen LogP contribution is -1.98. The van der Waals surface area contributed by atoms with Crippen molar-refractivity contribution in [2.75, 3.05) is 7.11 Å². The highest BCUT2D eigenvalue weighted by Gasteiger charge is 2.12. The minimum Gasteiger partial charge on any atom is -0.504 e. The second-order valence-corrected chi connectivity index (χ2v) is 4.42. The van der Waals surface area contributed by atoms with Crippen molar-refractivity contribution in [3.8, 4) is 11.5 Å². The van der Waals surface area contributed by atoms with Crippen LogP contribution in [0.3, 0.4) is 0 Å². The quantitative estimate of drug-likeness (QED) is 0.815. The highest BCUT2D eigenvalue weighted by atomic mass is 16.5. The van der Waals surface area contributed by atoms with Gasteiger partial charge in [-0.05, 0) is 42.5 Å². The van der Waals surface area contributed by atoms with Crippen LogP contribution in [0.25, 0.3) is 0 Å². The first-order valence-electron chi connectivity index (χ1n) is 5.97. The molecule has 0 spiro atoms. The number of ether oxygens (including phenoxy) is 1. The molecular weight excluding hydrogens is 200 g/mol. The van der Waals surface area contributed by atoms with Gasteiger partial charge in [0.1, 0.15) is 0 Å². The fraction of sp³-hybridized carbons (Fsp3) is 0.571. The molecule has 2 nitrogen and oxygen atoms in total. The number of unbranched alkanes of at least 4 members (excludes halogenated alkanes) is 1. The fourth-order valence-corrected chi connectivity index (χ4v) is 2.05. The lowest BCUT2D eigenvalue weighted by molar-refractivity contribution is 0.372. The van der Waals surface area contributed by atoms with E-state index in [4.69, 9.17) is 4.74 Å². The number of phenols is 1. The predicted molar refractivity (Wildman–Crippen MR) is 67.3 cm³/mol. The van der Waals surface area contributed by atoms with Gasteiger partial charge in [-0.25, -0.2) is 0 Å². The SMILES string of the molecule is CCCCC(C)c1cc(OC)c(O)cc1C. The Morgan fingerprint density at radius 1 is 1.38 bits per heavy atom. The van der Waals surface area contributed by atoms with Crippen LogP contribution >= 0.6 is 0 Å². The van der Waals surface area contributed by atoms with E-state index >= 15 is 0 Å². The Morgan fingerprint density at radius 3 is 2.62 bits per heavy atom. The van der Waals surface area contributed by atoms with Crippen LogP contribution < -0.4 is 4.74 Å². The van der Waals surface area contributed by atoms with Gasteiger partial charge in [0.25, 0.3) is 0 Å². The summed E-state index contributed by atoms with van der Waals surface area (Å²) < 4.78 is 5.15. The Hall–Kier alpha value is -1.18. The van der Waals surface area contributed by atoms with Crippen LogP contribution in [0.4, 0.5) is 0 Å². The van der Waals surface area contributed by atoms with Crippen molar-refractivity contribution in [3.05, 3.63) is 23.3 Å².